The molecule has 1 aliphatic rings. The summed E-state index contributed by atoms with van der Waals surface area (Å²) in [5.41, 5.74) is 2.07. The van der Waals surface area contributed by atoms with E-state index in [1.54, 1.807) is 0 Å². The maximum Gasteiger partial charge on any atom is 0.228 e. The minimum atomic E-state index is 0.235. The first-order chi connectivity index (χ1) is 10.2. The van der Waals surface area contributed by atoms with E-state index in [1.807, 2.05) is 12.1 Å². The van der Waals surface area contributed by atoms with E-state index >= 15 is 0 Å². The SMILES string of the molecule is Clc1cnc(Nc2ccc(N3CCOCC3)cc2)nc1Cl. The number of halogens is 2. The molecule has 1 saturated heterocycles. The number of anilines is 3. The van der Waals surface area contributed by atoms with Crippen molar-refractivity contribution in [1.29, 1.82) is 0 Å². The van der Waals surface area contributed by atoms with Gasteiger partial charge in [-0.25, -0.2) is 4.98 Å². The maximum atomic E-state index is 5.87. The zero-order chi connectivity index (χ0) is 14.7. The number of rotatable bonds is 3. The molecule has 0 atom stereocenters. The van der Waals surface area contributed by atoms with Crippen LogP contribution >= 0.6 is 23.2 Å². The number of ether oxygens (including phenoxy) is 1. The number of benzene rings is 1. The predicted octanol–water partition coefficient (Wildman–Crippen LogP) is 3.36. The normalized spacial score (nSPS) is 15.0. The molecule has 0 aliphatic carbocycles. The molecule has 7 heteroatoms. The summed E-state index contributed by atoms with van der Waals surface area (Å²) in [5.74, 6) is 0.420. The summed E-state index contributed by atoms with van der Waals surface area (Å²) in [5, 5.41) is 3.67. The van der Waals surface area contributed by atoms with Crippen LogP contribution in [0.2, 0.25) is 10.2 Å². The Morgan fingerprint density at radius 3 is 2.48 bits per heavy atom. The second-order valence-corrected chi connectivity index (χ2v) is 5.37. The highest BCUT2D eigenvalue weighted by Gasteiger charge is 2.11. The number of morpholine rings is 1. The van der Waals surface area contributed by atoms with Gasteiger partial charge in [0.05, 0.1) is 24.4 Å². The number of nitrogens with zero attached hydrogens (tertiary/aromatic N) is 3. The van der Waals surface area contributed by atoms with Gasteiger partial charge in [-0.15, -0.1) is 0 Å². The lowest BCUT2D eigenvalue weighted by Crippen LogP contribution is -2.36. The van der Waals surface area contributed by atoms with Gasteiger partial charge in [0.1, 0.15) is 0 Å². The molecule has 2 aromatic rings. The second-order valence-electron chi connectivity index (χ2n) is 4.60. The Hall–Kier alpha value is -1.56. The molecule has 5 nitrogen and oxygen atoms in total. The van der Waals surface area contributed by atoms with Crippen molar-refractivity contribution in [2.45, 2.75) is 0 Å². The number of hydrogen-bond acceptors (Lipinski definition) is 5. The van der Waals surface area contributed by atoms with Gasteiger partial charge >= 0.3 is 0 Å². The van der Waals surface area contributed by atoms with Crippen molar-refractivity contribution in [3.63, 3.8) is 0 Å². The van der Waals surface area contributed by atoms with E-state index in [4.69, 9.17) is 27.9 Å². The molecule has 3 rings (SSSR count). The van der Waals surface area contributed by atoms with Crippen LogP contribution in [0.3, 0.4) is 0 Å². The second kappa shape index (κ2) is 6.47. The lowest BCUT2D eigenvalue weighted by molar-refractivity contribution is 0.122. The van der Waals surface area contributed by atoms with E-state index in [0.29, 0.717) is 11.0 Å². The first-order valence-electron chi connectivity index (χ1n) is 6.60. The van der Waals surface area contributed by atoms with Crippen molar-refractivity contribution < 1.29 is 4.74 Å². The Morgan fingerprint density at radius 2 is 1.81 bits per heavy atom. The molecule has 1 aliphatic heterocycles. The van der Waals surface area contributed by atoms with Gasteiger partial charge in [-0.2, -0.15) is 4.98 Å². The fourth-order valence-electron chi connectivity index (χ4n) is 2.11. The first kappa shape index (κ1) is 14.4. The molecular formula is C14H14Cl2N4O. The van der Waals surface area contributed by atoms with Gasteiger partial charge in [-0.3, -0.25) is 0 Å². The quantitative estimate of drug-likeness (QED) is 0.877. The molecule has 110 valence electrons. The highest BCUT2D eigenvalue weighted by molar-refractivity contribution is 6.41. The molecular weight excluding hydrogens is 311 g/mol. The molecule has 21 heavy (non-hydrogen) atoms. The minimum Gasteiger partial charge on any atom is -0.378 e. The molecule has 0 spiro atoms. The smallest absolute Gasteiger partial charge is 0.228 e. The van der Waals surface area contributed by atoms with Crippen LogP contribution in [0.15, 0.2) is 30.5 Å². The Morgan fingerprint density at radius 1 is 1.10 bits per heavy atom. The maximum absolute atomic E-state index is 5.87. The molecule has 0 radical (unpaired) electrons. The average Bonchev–Trinajstić information content (AvgIpc) is 2.53. The van der Waals surface area contributed by atoms with Crippen molar-refractivity contribution in [1.82, 2.24) is 9.97 Å². The van der Waals surface area contributed by atoms with Crippen LogP contribution in [0.1, 0.15) is 0 Å². The summed E-state index contributed by atoms with van der Waals surface area (Å²) in [6.45, 7) is 3.39. The van der Waals surface area contributed by atoms with E-state index < -0.39 is 0 Å². The highest BCUT2D eigenvalue weighted by Crippen LogP contribution is 2.23. The van der Waals surface area contributed by atoms with E-state index in [2.05, 4.69) is 32.3 Å². The zero-order valence-electron chi connectivity index (χ0n) is 11.2. The van der Waals surface area contributed by atoms with Crippen molar-refractivity contribution in [2.24, 2.45) is 0 Å². The Kier molecular flexibility index (Phi) is 4.43. The molecule has 0 amide bonds. The predicted molar refractivity (Wildman–Crippen MR) is 84.8 cm³/mol. The van der Waals surface area contributed by atoms with Crippen molar-refractivity contribution in [3.8, 4) is 0 Å². The van der Waals surface area contributed by atoms with E-state index in [9.17, 15) is 0 Å². The molecule has 0 bridgehead atoms. The molecule has 1 N–H and O–H groups in total. The highest BCUT2D eigenvalue weighted by atomic mass is 35.5. The van der Waals surface area contributed by atoms with Crippen LogP contribution in [0.5, 0.6) is 0 Å². The topological polar surface area (TPSA) is 50.3 Å². The fourth-order valence-corrected chi connectivity index (χ4v) is 2.33. The third-order valence-corrected chi connectivity index (χ3v) is 3.86. The van der Waals surface area contributed by atoms with Crippen molar-refractivity contribution in [3.05, 3.63) is 40.6 Å². The van der Waals surface area contributed by atoms with Gasteiger partial charge in [0.15, 0.2) is 5.15 Å². The number of hydrogen-bond donors (Lipinski definition) is 1. The monoisotopic (exact) mass is 324 g/mol. The molecule has 2 heterocycles. The van der Waals surface area contributed by atoms with Gasteiger partial charge in [-0.05, 0) is 24.3 Å². The Balaban J connectivity index is 1.70. The minimum absolute atomic E-state index is 0.235. The van der Waals surface area contributed by atoms with Gasteiger partial charge in [0.2, 0.25) is 5.95 Å². The third-order valence-electron chi connectivity index (χ3n) is 3.20. The standard InChI is InChI=1S/C14H14Cl2N4O/c15-12-9-17-14(19-13(12)16)18-10-1-3-11(4-2-10)20-5-7-21-8-6-20/h1-4,9H,5-8H2,(H,17,18,19). The number of aromatic nitrogens is 2. The van der Waals surface area contributed by atoms with Crippen molar-refractivity contribution >= 4 is 40.5 Å². The van der Waals surface area contributed by atoms with E-state index in [-0.39, 0.29) is 5.15 Å². The lowest BCUT2D eigenvalue weighted by atomic mass is 10.2. The fraction of sp³-hybridized carbons (Fsp3) is 0.286. The van der Waals surface area contributed by atoms with Crippen LogP contribution in [0.4, 0.5) is 17.3 Å². The van der Waals surface area contributed by atoms with Crippen LogP contribution in [-0.4, -0.2) is 36.3 Å². The lowest BCUT2D eigenvalue weighted by Gasteiger charge is -2.28. The average molecular weight is 325 g/mol. The van der Waals surface area contributed by atoms with E-state index in [1.165, 1.54) is 11.9 Å². The molecule has 1 fully saturated rings. The summed E-state index contributed by atoms with van der Waals surface area (Å²) in [7, 11) is 0. The summed E-state index contributed by atoms with van der Waals surface area (Å²) in [6.07, 6.45) is 1.47. The van der Waals surface area contributed by atoms with Gasteiger partial charge in [0.25, 0.3) is 0 Å². The first-order valence-corrected chi connectivity index (χ1v) is 7.36. The third kappa shape index (κ3) is 3.56. The Bertz CT molecular complexity index is 615. The van der Waals surface area contributed by atoms with Gasteiger partial charge in [0, 0.05) is 24.5 Å². The van der Waals surface area contributed by atoms with Crippen LogP contribution in [0, 0.1) is 0 Å². The summed E-state index contributed by atoms with van der Waals surface area (Å²) in [6, 6.07) is 8.09. The molecule has 1 aromatic heterocycles. The van der Waals surface area contributed by atoms with Crippen LogP contribution in [0.25, 0.3) is 0 Å². The molecule has 1 aromatic carbocycles. The Labute approximate surface area is 132 Å². The van der Waals surface area contributed by atoms with Crippen LogP contribution in [-0.2, 0) is 4.74 Å². The summed E-state index contributed by atoms with van der Waals surface area (Å²) >= 11 is 11.7. The van der Waals surface area contributed by atoms with E-state index in [0.717, 1.165) is 32.0 Å². The van der Waals surface area contributed by atoms with Crippen LogP contribution < -0.4 is 10.2 Å². The summed E-state index contributed by atoms with van der Waals surface area (Å²) in [4.78, 5) is 10.4. The van der Waals surface area contributed by atoms with Gasteiger partial charge < -0.3 is 15.0 Å². The molecule has 0 unspecified atom stereocenters. The summed E-state index contributed by atoms with van der Waals surface area (Å²) < 4.78 is 5.35. The van der Waals surface area contributed by atoms with Gasteiger partial charge in [-0.1, -0.05) is 23.2 Å². The van der Waals surface area contributed by atoms with Crippen molar-refractivity contribution in [2.75, 3.05) is 36.5 Å². The molecule has 0 saturated carbocycles. The largest absolute Gasteiger partial charge is 0.378 e. The number of nitrogens with one attached hydrogen (secondary N) is 1. The zero-order valence-corrected chi connectivity index (χ0v) is 12.7.